The summed E-state index contributed by atoms with van der Waals surface area (Å²) in [6, 6.07) is 9.44. The van der Waals surface area contributed by atoms with E-state index in [0.717, 1.165) is 6.42 Å². The highest BCUT2D eigenvalue weighted by atomic mass is 79.9. The SMILES string of the molecule is OC(c1cccc(F)c1)c1cc2c(cc1Br)OCCCO2. The largest absolute Gasteiger partial charge is 0.490 e. The first-order chi connectivity index (χ1) is 10.1. The Morgan fingerprint density at radius 1 is 1.10 bits per heavy atom. The quantitative estimate of drug-likeness (QED) is 0.892. The zero-order valence-corrected chi connectivity index (χ0v) is 12.8. The van der Waals surface area contributed by atoms with Gasteiger partial charge < -0.3 is 14.6 Å². The Morgan fingerprint density at radius 2 is 1.81 bits per heavy atom. The van der Waals surface area contributed by atoms with Gasteiger partial charge in [-0.15, -0.1) is 0 Å². The van der Waals surface area contributed by atoms with Gasteiger partial charge in [-0.1, -0.05) is 28.1 Å². The zero-order valence-electron chi connectivity index (χ0n) is 11.2. The molecule has 2 aromatic rings. The van der Waals surface area contributed by atoms with Crippen LogP contribution in [0, 0.1) is 5.82 Å². The van der Waals surface area contributed by atoms with E-state index in [0.29, 0.717) is 40.3 Å². The van der Waals surface area contributed by atoms with E-state index in [1.54, 1.807) is 24.3 Å². The van der Waals surface area contributed by atoms with E-state index < -0.39 is 6.10 Å². The summed E-state index contributed by atoms with van der Waals surface area (Å²) in [7, 11) is 0. The van der Waals surface area contributed by atoms with Crippen molar-refractivity contribution >= 4 is 15.9 Å². The number of aliphatic hydroxyl groups excluding tert-OH is 1. The van der Waals surface area contributed by atoms with E-state index >= 15 is 0 Å². The second kappa shape index (κ2) is 6.03. The lowest BCUT2D eigenvalue weighted by Gasteiger charge is -2.16. The molecule has 2 aromatic carbocycles. The number of hydrogen-bond acceptors (Lipinski definition) is 3. The van der Waals surface area contributed by atoms with Gasteiger partial charge in [0, 0.05) is 16.5 Å². The summed E-state index contributed by atoms with van der Waals surface area (Å²) in [6.07, 6.45) is -0.124. The van der Waals surface area contributed by atoms with Crippen molar-refractivity contribution in [3.05, 3.63) is 57.8 Å². The van der Waals surface area contributed by atoms with Gasteiger partial charge in [-0.3, -0.25) is 0 Å². The maximum absolute atomic E-state index is 13.3. The van der Waals surface area contributed by atoms with E-state index in [2.05, 4.69) is 15.9 Å². The molecule has 1 atom stereocenters. The van der Waals surface area contributed by atoms with E-state index in [1.807, 2.05) is 0 Å². The van der Waals surface area contributed by atoms with Crippen LogP contribution in [0.25, 0.3) is 0 Å². The maximum atomic E-state index is 13.3. The lowest BCUT2D eigenvalue weighted by atomic mass is 10.0. The molecule has 0 spiro atoms. The minimum Gasteiger partial charge on any atom is -0.490 e. The Labute approximate surface area is 130 Å². The average molecular weight is 353 g/mol. The lowest BCUT2D eigenvalue weighted by molar-refractivity contribution is 0.218. The van der Waals surface area contributed by atoms with Crippen LogP contribution in [0.15, 0.2) is 40.9 Å². The number of fused-ring (bicyclic) bond motifs is 1. The summed E-state index contributed by atoms with van der Waals surface area (Å²) in [5.41, 5.74) is 1.11. The van der Waals surface area contributed by atoms with E-state index in [9.17, 15) is 9.50 Å². The molecule has 0 aliphatic carbocycles. The molecular weight excluding hydrogens is 339 g/mol. The first-order valence-corrected chi connectivity index (χ1v) is 7.47. The molecule has 110 valence electrons. The monoisotopic (exact) mass is 352 g/mol. The van der Waals surface area contributed by atoms with Crippen molar-refractivity contribution in [3.63, 3.8) is 0 Å². The molecule has 0 aromatic heterocycles. The van der Waals surface area contributed by atoms with E-state index in [4.69, 9.17) is 9.47 Å². The molecule has 0 radical (unpaired) electrons. The number of hydrogen-bond donors (Lipinski definition) is 1. The van der Waals surface area contributed by atoms with Crippen LogP contribution >= 0.6 is 15.9 Å². The Morgan fingerprint density at radius 3 is 2.52 bits per heavy atom. The van der Waals surface area contributed by atoms with Crippen LogP contribution in [0.1, 0.15) is 23.7 Å². The van der Waals surface area contributed by atoms with Gasteiger partial charge in [0.2, 0.25) is 0 Å². The Bertz CT molecular complexity index is 660. The molecule has 1 heterocycles. The summed E-state index contributed by atoms with van der Waals surface area (Å²) >= 11 is 3.43. The third-order valence-corrected chi connectivity index (χ3v) is 4.01. The topological polar surface area (TPSA) is 38.7 Å². The van der Waals surface area contributed by atoms with Crippen molar-refractivity contribution in [2.24, 2.45) is 0 Å². The number of benzene rings is 2. The second-order valence-electron chi connectivity index (χ2n) is 4.83. The molecule has 0 amide bonds. The number of aliphatic hydroxyl groups is 1. The number of rotatable bonds is 2. The molecule has 21 heavy (non-hydrogen) atoms. The molecule has 0 fully saturated rings. The second-order valence-corrected chi connectivity index (χ2v) is 5.68. The third-order valence-electron chi connectivity index (χ3n) is 3.33. The fourth-order valence-electron chi connectivity index (χ4n) is 2.27. The maximum Gasteiger partial charge on any atom is 0.162 e. The predicted octanol–water partition coefficient (Wildman–Crippen LogP) is 3.83. The van der Waals surface area contributed by atoms with Crippen LogP contribution in [-0.4, -0.2) is 18.3 Å². The molecule has 1 unspecified atom stereocenters. The van der Waals surface area contributed by atoms with Crippen LogP contribution in [0.5, 0.6) is 11.5 Å². The van der Waals surface area contributed by atoms with Gasteiger partial charge in [-0.05, 0) is 29.8 Å². The van der Waals surface area contributed by atoms with Crippen molar-refractivity contribution in [1.29, 1.82) is 0 Å². The lowest BCUT2D eigenvalue weighted by Crippen LogP contribution is -2.03. The van der Waals surface area contributed by atoms with Gasteiger partial charge in [0.25, 0.3) is 0 Å². The van der Waals surface area contributed by atoms with Crippen LogP contribution in [-0.2, 0) is 0 Å². The number of ether oxygens (including phenoxy) is 2. The molecule has 0 saturated heterocycles. The van der Waals surface area contributed by atoms with Gasteiger partial charge in [0.05, 0.1) is 13.2 Å². The molecule has 1 aliphatic heterocycles. The predicted molar refractivity (Wildman–Crippen MR) is 80.2 cm³/mol. The fourth-order valence-corrected chi connectivity index (χ4v) is 2.80. The summed E-state index contributed by atoms with van der Waals surface area (Å²) in [6.45, 7) is 1.18. The number of halogens is 2. The highest BCUT2D eigenvalue weighted by molar-refractivity contribution is 9.10. The summed E-state index contributed by atoms with van der Waals surface area (Å²) in [5, 5.41) is 10.5. The van der Waals surface area contributed by atoms with Crippen LogP contribution < -0.4 is 9.47 Å². The Balaban J connectivity index is 2.00. The highest BCUT2D eigenvalue weighted by Gasteiger charge is 2.19. The molecule has 1 aliphatic rings. The summed E-state index contributed by atoms with van der Waals surface area (Å²) < 4.78 is 25.2. The molecule has 3 nitrogen and oxygen atoms in total. The van der Waals surface area contributed by atoms with Gasteiger partial charge >= 0.3 is 0 Å². The Hall–Kier alpha value is -1.59. The van der Waals surface area contributed by atoms with E-state index in [-0.39, 0.29) is 5.82 Å². The smallest absolute Gasteiger partial charge is 0.162 e. The van der Waals surface area contributed by atoms with Crippen molar-refractivity contribution in [2.45, 2.75) is 12.5 Å². The highest BCUT2D eigenvalue weighted by Crippen LogP contribution is 2.39. The van der Waals surface area contributed by atoms with Crippen LogP contribution in [0.2, 0.25) is 0 Å². The minimum atomic E-state index is -0.938. The van der Waals surface area contributed by atoms with Crippen molar-refractivity contribution < 1.29 is 19.0 Å². The summed E-state index contributed by atoms with van der Waals surface area (Å²) in [4.78, 5) is 0. The normalized spacial score (nSPS) is 15.4. The molecule has 3 rings (SSSR count). The molecular formula is C16H14BrFO3. The first-order valence-electron chi connectivity index (χ1n) is 6.68. The van der Waals surface area contributed by atoms with Crippen molar-refractivity contribution in [3.8, 4) is 11.5 Å². The Kier molecular flexibility index (Phi) is 4.12. The average Bonchev–Trinajstić information content (AvgIpc) is 2.70. The molecule has 5 heteroatoms. The first kappa shape index (κ1) is 14.4. The molecule has 0 saturated carbocycles. The van der Waals surface area contributed by atoms with E-state index in [1.165, 1.54) is 12.1 Å². The van der Waals surface area contributed by atoms with Gasteiger partial charge in [0.1, 0.15) is 11.9 Å². The van der Waals surface area contributed by atoms with Crippen molar-refractivity contribution in [2.75, 3.05) is 13.2 Å². The summed E-state index contributed by atoms with van der Waals surface area (Å²) in [5.74, 6) is 0.868. The fraction of sp³-hybridized carbons (Fsp3) is 0.250. The zero-order chi connectivity index (χ0) is 14.8. The van der Waals surface area contributed by atoms with Crippen LogP contribution in [0.4, 0.5) is 4.39 Å². The van der Waals surface area contributed by atoms with Gasteiger partial charge in [-0.25, -0.2) is 4.39 Å². The van der Waals surface area contributed by atoms with Gasteiger partial charge in [-0.2, -0.15) is 0 Å². The van der Waals surface area contributed by atoms with Crippen molar-refractivity contribution in [1.82, 2.24) is 0 Å². The third kappa shape index (κ3) is 3.04. The molecule has 1 N–H and O–H groups in total. The van der Waals surface area contributed by atoms with Crippen LogP contribution in [0.3, 0.4) is 0 Å². The van der Waals surface area contributed by atoms with Gasteiger partial charge in [0.15, 0.2) is 11.5 Å². The standard InChI is InChI=1S/C16H14BrFO3/c17-13-9-15-14(20-5-2-6-21-15)8-12(13)16(19)10-3-1-4-11(18)7-10/h1,3-4,7-9,16,19H,2,5-6H2. The molecule has 0 bridgehead atoms. The minimum absolute atomic E-state index is 0.378.